The van der Waals surface area contributed by atoms with Crippen LogP contribution in [0.1, 0.15) is 16.8 Å². The monoisotopic (exact) mass is 265 g/mol. The Hall–Kier alpha value is -1.09. The zero-order valence-corrected chi connectivity index (χ0v) is 9.96. The van der Waals surface area contributed by atoms with Crippen molar-refractivity contribution in [1.29, 1.82) is 0 Å². The molecule has 0 N–H and O–H groups in total. The fourth-order valence-electron chi connectivity index (χ4n) is 1.83. The summed E-state index contributed by atoms with van der Waals surface area (Å²) in [7, 11) is 0. The van der Waals surface area contributed by atoms with Crippen LogP contribution in [-0.2, 0) is 0 Å². The van der Waals surface area contributed by atoms with Crippen molar-refractivity contribution < 1.29 is 4.79 Å². The van der Waals surface area contributed by atoms with Gasteiger partial charge in [-0.15, -0.1) is 0 Å². The molecule has 1 saturated heterocycles. The van der Waals surface area contributed by atoms with E-state index in [-0.39, 0.29) is 0 Å². The second-order valence-corrected chi connectivity index (χ2v) is 4.66. The van der Waals surface area contributed by atoms with E-state index < -0.39 is 0 Å². The summed E-state index contributed by atoms with van der Waals surface area (Å²) in [5, 5.41) is 0. The molecule has 3 heteroatoms. The molecule has 1 heterocycles. The fourth-order valence-corrected chi connectivity index (χ4v) is 2.21. The number of carbonyl (C=O) groups excluding carboxylic acids is 1. The number of hydrogen-bond donors (Lipinski definition) is 0. The third-order valence-electron chi connectivity index (χ3n) is 2.61. The van der Waals surface area contributed by atoms with Gasteiger partial charge in [0, 0.05) is 28.8 Å². The van der Waals surface area contributed by atoms with Crippen LogP contribution in [0.25, 0.3) is 0 Å². The predicted molar refractivity (Wildman–Crippen MR) is 65.5 cm³/mol. The van der Waals surface area contributed by atoms with Crippen LogP contribution >= 0.6 is 15.9 Å². The first kappa shape index (κ1) is 10.4. The van der Waals surface area contributed by atoms with Gasteiger partial charge in [-0.1, -0.05) is 28.1 Å². The lowest BCUT2D eigenvalue weighted by Gasteiger charge is -2.19. The topological polar surface area (TPSA) is 20.3 Å². The first-order chi connectivity index (χ1) is 7.20. The summed E-state index contributed by atoms with van der Waals surface area (Å²) in [4.78, 5) is 13.1. The van der Waals surface area contributed by atoms with Gasteiger partial charge in [0.05, 0.1) is 0 Å². The second-order valence-electron chi connectivity index (χ2n) is 3.74. The molecule has 0 unspecified atom stereocenters. The highest BCUT2D eigenvalue weighted by Gasteiger charge is 2.17. The van der Waals surface area contributed by atoms with E-state index in [2.05, 4.69) is 27.4 Å². The van der Waals surface area contributed by atoms with E-state index >= 15 is 0 Å². The number of aldehydes is 1. The van der Waals surface area contributed by atoms with Gasteiger partial charge in [-0.2, -0.15) is 0 Å². The molecule has 0 saturated carbocycles. The number of rotatable bonds is 2. The predicted octanol–water partition coefficient (Wildman–Crippen LogP) is 3.03. The molecule has 1 fully saturated rings. The SMILES string of the molecule is C=C1CCN(c2ccc(Br)cc2C=O)C1. The highest BCUT2D eigenvalue weighted by Crippen LogP contribution is 2.27. The Morgan fingerprint density at radius 3 is 2.87 bits per heavy atom. The lowest BCUT2D eigenvalue weighted by Crippen LogP contribution is -2.19. The van der Waals surface area contributed by atoms with Gasteiger partial charge < -0.3 is 4.90 Å². The second kappa shape index (κ2) is 4.19. The number of nitrogens with zero attached hydrogens (tertiary/aromatic N) is 1. The first-order valence-electron chi connectivity index (χ1n) is 4.87. The minimum atomic E-state index is 0.735. The molecule has 78 valence electrons. The third-order valence-corrected chi connectivity index (χ3v) is 3.10. The van der Waals surface area contributed by atoms with Crippen LogP contribution in [0.2, 0.25) is 0 Å². The quantitative estimate of drug-likeness (QED) is 0.605. The summed E-state index contributed by atoms with van der Waals surface area (Å²) in [5.74, 6) is 0. The molecule has 0 radical (unpaired) electrons. The normalized spacial score (nSPS) is 15.8. The minimum Gasteiger partial charge on any atom is -0.367 e. The molecule has 0 amide bonds. The van der Waals surface area contributed by atoms with Gasteiger partial charge in [-0.3, -0.25) is 4.79 Å². The summed E-state index contributed by atoms with van der Waals surface area (Å²) < 4.78 is 0.936. The van der Waals surface area contributed by atoms with Crippen molar-refractivity contribution in [2.75, 3.05) is 18.0 Å². The van der Waals surface area contributed by atoms with Crippen molar-refractivity contribution in [3.63, 3.8) is 0 Å². The summed E-state index contributed by atoms with van der Waals surface area (Å²) in [6.45, 7) is 5.79. The maximum absolute atomic E-state index is 10.9. The van der Waals surface area contributed by atoms with Gasteiger partial charge in [-0.05, 0) is 24.6 Å². The molecule has 0 aromatic heterocycles. The molecule has 1 aliphatic heterocycles. The van der Waals surface area contributed by atoms with Crippen LogP contribution < -0.4 is 4.90 Å². The number of hydrogen-bond acceptors (Lipinski definition) is 2. The molecule has 2 rings (SSSR count). The standard InChI is InChI=1S/C12H12BrNO/c1-9-4-5-14(7-9)12-3-2-11(13)6-10(12)8-15/h2-3,6,8H,1,4-5,7H2. The van der Waals surface area contributed by atoms with E-state index in [4.69, 9.17) is 0 Å². The molecule has 0 atom stereocenters. The zero-order chi connectivity index (χ0) is 10.8. The minimum absolute atomic E-state index is 0.735. The van der Waals surface area contributed by atoms with Crippen molar-refractivity contribution in [3.8, 4) is 0 Å². The van der Waals surface area contributed by atoms with Crippen LogP contribution in [0, 0.1) is 0 Å². The highest BCUT2D eigenvalue weighted by atomic mass is 79.9. The molecule has 1 aromatic carbocycles. The molecular weight excluding hydrogens is 254 g/mol. The Bertz CT molecular complexity index is 414. The van der Waals surface area contributed by atoms with Crippen LogP contribution in [0.4, 0.5) is 5.69 Å². The summed E-state index contributed by atoms with van der Waals surface area (Å²) in [6.07, 6.45) is 1.93. The van der Waals surface area contributed by atoms with Gasteiger partial charge in [0.15, 0.2) is 6.29 Å². The molecule has 0 aliphatic carbocycles. The van der Waals surface area contributed by atoms with Crippen LogP contribution in [-0.4, -0.2) is 19.4 Å². The maximum Gasteiger partial charge on any atom is 0.152 e. The molecule has 15 heavy (non-hydrogen) atoms. The van der Waals surface area contributed by atoms with Crippen LogP contribution in [0.15, 0.2) is 34.8 Å². The van der Waals surface area contributed by atoms with Crippen molar-refractivity contribution in [3.05, 3.63) is 40.4 Å². The van der Waals surface area contributed by atoms with Gasteiger partial charge in [-0.25, -0.2) is 0 Å². The average molecular weight is 266 g/mol. The maximum atomic E-state index is 10.9. The lowest BCUT2D eigenvalue weighted by atomic mass is 10.2. The van der Waals surface area contributed by atoms with E-state index in [1.54, 1.807) is 0 Å². The van der Waals surface area contributed by atoms with E-state index in [1.165, 1.54) is 5.57 Å². The van der Waals surface area contributed by atoms with E-state index in [0.29, 0.717) is 0 Å². The van der Waals surface area contributed by atoms with Crippen molar-refractivity contribution >= 4 is 27.9 Å². The summed E-state index contributed by atoms with van der Waals surface area (Å²) in [5.41, 5.74) is 2.97. The van der Waals surface area contributed by atoms with Gasteiger partial charge in [0.2, 0.25) is 0 Å². The van der Waals surface area contributed by atoms with E-state index in [9.17, 15) is 4.79 Å². The fraction of sp³-hybridized carbons (Fsp3) is 0.250. The molecule has 2 nitrogen and oxygen atoms in total. The Morgan fingerprint density at radius 2 is 2.27 bits per heavy atom. The largest absolute Gasteiger partial charge is 0.367 e. The molecule has 0 bridgehead atoms. The van der Waals surface area contributed by atoms with Gasteiger partial charge in [0.1, 0.15) is 0 Å². The average Bonchev–Trinajstić information content (AvgIpc) is 2.64. The number of benzene rings is 1. The number of carbonyl (C=O) groups is 1. The van der Waals surface area contributed by atoms with Crippen molar-refractivity contribution in [2.45, 2.75) is 6.42 Å². The lowest BCUT2D eigenvalue weighted by molar-refractivity contribution is 0.112. The van der Waals surface area contributed by atoms with Gasteiger partial charge in [0.25, 0.3) is 0 Å². The molecule has 1 aromatic rings. The Labute approximate surface area is 97.7 Å². The Morgan fingerprint density at radius 1 is 1.47 bits per heavy atom. The van der Waals surface area contributed by atoms with E-state index in [1.807, 2.05) is 18.2 Å². The molecule has 1 aliphatic rings. The zero-order valence-electron chi connectivity index (χ0n) is 8.37. The number of halogens is 1. The first-order valence-corrected chi connectivity index (χ1v) is 5.66. The van der Waals surface area contributed by atoms with Gasteiger partial charge >= 0.3 is 0 Å². The molecule has 0 spiro atoms. The summed E-state index contributed by atoms with van der Waals surface area (Å²) in [6, 6.07) is 5.79. The Balaban J connectivity index is 2.35. The smallest absolute Gasteiger partial charge is 0.152 e. The summed E-state index contributed by atoms with van der Waals surface area (Å²) >= 11 is 3.36. The third kappa shape index (κ3) is 2.12. The van der Waals surface area contributed by atoms with Crippen molar-refractivity contribution in [1.82, 2.24) is 0 Å². The van der Waals surface area contributed by atoms with Crippen LogP contribution in [0.3, 0.4) is 0 Å². The van der Waals surface area contributed by atoms with Crippen molar-refractivity contribution in [2.24, 2.45) is 0 Å². The van der Waals surface area contributed by atoms with Crippen LogP contribution in [0.5, 0.6) is 0 Å². The molecular formula is C12H12BrNO. The van der Waals surface area contributed by atoms with E-state index in [0.717, 1.165) is 41.5 Å². The number of anilines is 1. The highest BCUT2D eigenvalue weighted by molar-refractivity contribution is 9.10. The Kier molecular flexibility index (Phi) is 2.91.